The SMILES string of the molecule is O=C(C1CCCN(C2CCN(C3Cc4ccccc4C3)CC2)C1)N1CCCC1. The van der Waals surface area contributed by atoms with E-state index in [0.29, 0.717) is 18.0 Å². The van der Waals surface area contributed by atoms with Gasteiger partial charge in [-0.05, 0) is 82.1 Å². The summed E-state index contributed by atoms with van der Waals surface area (Å²) in [7, 11) is 0. The Hall–Kier alpha value is -1.39. The van der Waals surface area contributed by atoms with Crippen LogP contribution in [0, 0.1) is 5.92 Å². The number of benzene rings is 1. The van der Waals surface area contributed by atoms with Crippen LogP contribution in [0.2, 0.25) is 0 Å². The van der Waals surface area contributed by atoms with E-state index in [1.54, 1.807) is 11.1 Å². The molecule has 0 bridgehead atoms. The summed E-state index contributed by atoms with van der Waals surface area (Å²) in [6.07, 6.45) is 9.72. The molecule has 1 aromatic rings. The third kappa shape index (κ3) is 3.73. The Morgan fingerprint density at radius 2 is 1.43 bits per heavy atom. The zero-order chi connectivity index (χ0) is 18.9. The highest BCUT2D eigenvalue weighted by molar-refractivity contribution is 5.79. The van der Waals surface area contributed by atoms with Gasteiger partial charge in [0.05, 0.1) is 5.92 Å². The summed E-state index contributed by atoms with van der Waals surface area (Å²) in [5, 5.41) is 0. The van der Waals surface area contributed by atoms with Gasteiger partial charge in [-0.15, -0.1) is 0 Å². The van der Waals surface area contributed by atoms with Crippen molar-refractivity contribution in [3.8, 4) is 0 Å². The largest absolute Gasteiger partial charge is 0.342 e. The molecule has 4 aliphatic rings. The first kappa shape index (κ1) is 18.6. The fourth-order valence-electron chi connectivity index (χ4n) is 6.15. The molecule has 152 valence electrons. The van der Waals surface area contributed by atoms with Gasteiger partial charge in [-0.1, -0.05) is 24.3 Å². The number of hydrogen-bond acceptors (Lipinski definition) is 3. The van der Waals surface area contributed by atoms with E-state index in [9.17, 15) is 4.79 Å². The highest BCUT2D eigenvalue weighted by Crippen LogP contribution is 2.30. The van der Waals surface area contributed by atoms with Gasteiger partial charge in [0.1, 0.15) is 0 Å². The van der Waals surface area contributed by atoms with Crippen LogP contribution in [0.25, 0.3) is 0 Å². The number of fused-ring (bicyclic) bond motifs is 1. The van der Waals surface area contributed by atoms with E-state index in [-0.39, 0.29) is 5.92 Å². The second-order valence-electron chi connectivity index (χ2n) is 9.46. The predicted octanol–water partition coefficient (Wildman–Crippen LogP) is 2.95. The van der Waals surface area contributed by atoms with E-state index in [4.69, 9.17) is 0 Å². The Bertz CT molecular complexity index is 666. The highest BCUT2D eigenvalue weighted by Gasteiger charge is 2.35. The molecule has 3 fully saturated rings. The van der Waals surface area contributed by atoms with Gasteiger partial charge in [0.15, 0.2) is 0 Å². The Kier molecular flexibility index (Phi) is 5.43. The van der Waals surface area contributed by atoms with Crippen LogP contribution < -0.4 is 0 Å². The van der Waals surface area contributed by atoms with E-state index in [1.807, 2.05) is 0 Å². The molecule has 1 atom stereocenters. The summed E-state index contributed by atoms with van der Waals surface area (Å²) < 4.78 is 0. The van der Waals surface area contributed by atoms with Crippen molar-refractivity contribution >= 4 is 5.91 Å². The van der Waals surface area contributed by atoms with Gasteiger partial charge in [-0.2, -0.15) is 0 Å². The molecule has 3 heterocycles. The maximum absolute atomic E-state index is 12.9. The van der Waals surface area contributed by atoms with Crippen LogP contribution in [0.5, 0.6) is 0 Å². The number of rotatable bonds is 3. The van der Waals surface area contributed by atoms with Crippen LogP contribution in [0.3, 0.4) is 0 Å². The quantitative estimate of drug-likeness (QED) is 0.805. The second kappa shape index (κ2) is 8.16. The monoisotopic (exact) mass is 381 g/mol. The summed E-state index contributed by atoms with van der Waals surface area (Å²) >= 11 is 0. The Balaban J connectivity index is 1.13. The molecule has 0 saturated carbocycles. The van der Waals surface area contributed by atoms with Crippen LogP contribution in [-0.4, -0.2) is 72.0 Å². The normalized spacial score (nSPS) is 28.0. The lowest BCUT2D eigenvalue weighted by Gasteiger charge is -2.43. The fourth-order valence-corrected chi connectivity index (χ4v) is 6.15. The van der Waals surface area contributed by atoms with E-state index >= 15 is 0 Å². The second-order valence-corrected chi connectivity index (χ2v) is 9.46. The van der Waals surface area contributed by atoms with Crippen LogP contribution in [0.15, 0.2) is 24.3 Å². The zero-order valence-electron chi connectivity index (χ0n) is 17.2. The van der Waals surface area contributed by atoms with Crippen LogP contribution in [0.1, 0.15) is 49.7 Å². The fraction of sp³-hybridized carbons (Fsp3) is 0.708. The minimum atomic E-state index is 0.259. The third-order valence-corrected chi connectivity index (χ3v) is 7.78. The molecule has 1 unspecified atom stereocenters. The number of amides is 1. The van der Waals surface area contributed by atoms with Crippen molar-refractivity contribution in [2.24, 2.45) is 5.92 Å². The molecule has 5 rings (SSSR count). The molecule has 0 spiro atoms. The van der Waals surface area contributed by atoms with Gasteiger partial charge >= 0.3 is 0 Å². The van der Waals surface area contributed by atoms with Crippen molar-refractivity contribution in [1.82, 2.24) is 14.7 Å². The lowest BCUT2D eigenvalue weighted by atomic mass is 9.92. The van der Waals surface area contributed by atoms with Crippen LogP contribution >= 0.6 is 0 Å². The summed E-state index contributed by atoms with van der Waals surface area (Å²) in [6, 6.07) is 10.4. The summed E-state index contributed by atoms with van der Waals surface area (Å²) in [5.74, 6) is 0.706. The predicted molar refractivity (Wildman–Crippen MR) is 112 cm³/mol. The average Bonchev–Trinajstić information content (AvgIpc) is 3.43. The maximum Gasteiger partial charge on any atom is 0.226 e. The first-order valence-electron chi connectivity index (χ1n) is 11.6. The van der Waals surface area contributed by atoms with Crippen LogP contribution in [-0.2, 0) is 17.6 Å². The van der Waals surface area contributed by atoms with Gasteiger partial charge in [0.2, 0.25) is 5.91 Å². The Labute approximate surface area is 169 Å². The smallest absolute Gasteiger partial charge is 0.226 e. The zero-order valence-corrected chi connectivity index (χ0v) is 17.2. The first-order valence-corrected chi connectivity index (χ1v) is 11.6. The van der Waals surface area contributed by atoms with Gasteiger partial charge < -0.3 is 4.90 Å². The van der Waals surface area contributed by atoms with E-state index in [0.717, 1.165) is 26.1 Å². The van der Waals surface area contributed by atoms with E-state index < -0.39 is 0 Å². The average molecular weight is 382 g/mol. The standard InChI is InChI=1S/C24H35N3O/c28-24(26-11-3-4-12-26)21-8-5-13-27(18-21)22-9-14-25(15-10-22)23-16-19-6-1-2-7-20(19)17-23/h1-2,6-7,21-23H,3-5,8-18H2. The molecule has 4 heteroatoms. The van der Waals surface area contributed by atoms with Gasteiger partial charge in [0, 0.05) is 31.7 Å². The topological polar surface area (TPSA) is 26.8 Å². The number of nitrogens with zero attached hydrogens (tertiary/aromatic N) is 3. The van der Waals surface area contributed by atoms with Crippen molar-refractivity contribution in [3.63, 3.8) is 0 Å². The van der Waals surface area contributed by atoms with Crippen molar-refractivity contribution in [1.29, 1.82) is 0 Å². The minimum absolute atomic E-state index is 0.259. The first-order chi connectivity index (χ1) is 13.8. The molecular weight excluding hydrogens is 346 g/mol. The molecule has 0 radical (unpaired) electrons. The Morgan fingerprint density at radius 1 is 0.750 bits per heavy atom. The number of piperidine rings is 2. The molecule has 3 aliphatic heterocycles. The molecule has 1 aromatic carbocycles. The molecule has 3 saturated heterocycles. The van der Waals surface area contributed by atoms with Crippen molar-refractivity contribution < 1.29 is 4.79 Å². The lowest BCUT2D eigenvalue weighted by Crippen LogP contribution is -2.52. The maximum atomic E-state index is 12.9. The summed E-state index contributed by atoms with van der Waals surface area (Å²) in [6.45, 7) is 6.66. The number of carbonyl (C=O) groups excluding carboxylic acids is 1. The van der Waals surface area contributed by atoms with Crippen molar-refractivity contribution in [2.75, 3.05) is 39.3 Å². The minimum Gasteiger partial charge on any atom is -0.342 e. The highest BCUT2D eigenvalue weighted by atomic mass is 16.2. The number of carbonyl (C=O) groups is 1. The molecular formula is C24H35N3O. The number of hydrogen-bond donors (Lipinski definition) is 0. The molecule has 0 aromatic heterocycles. The lowest BCUT2D eigenvalue weighted by molar-refractivity contribution is -0.136. The van der Waals surface area contributed by atoms with Gasteiger partial charge in [0.25, 0.3) is 0 Å². The molecule has 1 amide bonds. The van der Waals surface area contributed by atoms with Gasteiger partial charge in [-0.25, -0.2) is 0 Å². The van der Waals surface area contributed by atoms with Gasteiger partial charge in [-0.3, -0.25) is 14.6 Å². The Morgan fingerprint density at radius 3 is 2.11 bits per heavy atom. The van der Waals surface area contributed by atoms with E-state index in [2.05, 4.69) is 39.0 Å². The molecule has 1 aliphatic carbocycles. The molecule has 0 N–H and O–H groups in total. The number of likely N-dealkylation sites (tertiary alicyclic amines) is 3. The third-order valence-electron chi connectivity index (χ3n) is 7.78. The molecule has 4 nitrogen and oxygen atoms in total. The van der Waals surface area contributed by atoms with Crippen molar-refractivity contribution in [2.45, 2.75) is 63.5 Å². The van der Waals surface area contributed by atoms with Crippen LogP contribution in [0.4, 0.5) is 0 Å². The molecule has 28 heavy (non-hydrogen) atoms. The van der Waals surface area contributed by atoms with E-state index in [1.165, 1.54) is 64.6 Å². The summed E-state index contributed by atoms with van der Waals surface area (Å²) in [5.41, 5.74) is 3.13. The summed E-state index contributed by atoms with van der Waals surface area (Å²) in [4.78, 5) is 20.4. The van der Waals surface area contributed by atoms with Crippen molar-refractivity contribution in [3.05, 3.63) is 35.4 Å².